The highest BCUT2D eigenvalue weighted by Gasteiger charge is 2.22. The summed E-state index contributed by atoms with van der Waals surface area (Å²) in [5.41, 5.74) is 5.00. The van der Waals surface area contributed by atoms with Crippen LogP contribution in [0.1, 0.15) is 20.3 Å². The summed E-state index contributed by atoms with van der Waals surface area (Å²) in [6.07, 6.45) is 0.646. The Hall–Kier alpha value is -1.34. The molecule has 106 valence electrons. The van der Waals surface area contributed by atoms with Gasteiger partial charge in [-0.1, -0.05) is 13.8 Å². The van der Waals surface area contributed by atoms with Gasteiger partial charge in [-0.05, 0) is 12.3 Å². The third kappa shape index (κ3) is 7.86. The van der Waals surface area contributed by atoms with Gasteiger partial charge in [0.25, 0.3) is 0 Å². The molecular formula is C11H23N3O4. The maximum absolute atomic E-state index is 11.7. The van der Waals surface area contributed by atoms with Gasteiger partial charge in [0.15, 0.2) is 0 Å². The summed E-state index contributed by atoms with van der Waals surface area (Å²) in [6, 6.07) is -1.34. The van der Waals surface area contributed by atoms with Crippen molar-refractivity contribution in [3.63, 3.8) is 0 Å². The SMILES string of the molecule is CC(C)C(NC(N)=O)C(=O)NCCCOCCO. The third-order valence-electron chi connectivity index (χ3n) is 2.25. The Bertz CT molecular complexity index is 259. The molecule has 1 unspecified atom stereocenters. The van der Waals surface area contributed by atoms with Crippen LogP contribution in [0.2, 0.25) is 0 Å². The van der Waals surface area contributed by atoms with Crippen molar-refractivity contribution in [3.05, 3.63) is 0 Å². The maximum atomic E-state index is 11.7. The van der Waals surface area contributed by atoms with Crippen molar-refractivity contribution in [1.29, 1.82) is 0 Å². The van der Waals surface area contributed by atoms with Gasteiger partial charge >= 0.3 is 6.03 Å². The smallest absolute Gasteiger partial charge is 0.312 e. The largest absolute Gasteiger partial charge is 0.394 e. The van der Waals surface area contributed by atoms with Crippen LogP contribution in [0.3, 0.4) is 0 Å². The molecule has 18 heavy (non-hydrogen) atoms. The number of primary amides is 1. The van der Waals surface area contributed by atoms with Crippen molar-refractivity contribution >= 4 is 11.9 Å². The van der Waals surface area contributed by atoms with Crippen LogP contribution < -0.4 is 16.4 Å². The number of ether oxygens (including phenoxy) is 1. The Labute approximate surface area is 107 Å². The fourth-order valence-electron chi connectivity index (χ4n) is 1.35. The number of aliphatic hydroxyl groups excluding tert-OH is 1. The Balaban J connectivity index is 3.85. The van der Waals surface area contributed by atoms with Crippen LogP contribution >= 0.6 is 0 Å². The third-order valence-corrected chi connectivity index (χ3v) is 2.25. The zero-order chi connectivity index (χ0) is 14.0. The number of rotatable bonds is 9. The van der Waals surface area contributed by atoms with Crippen LogP contribution in [0.5, 0.6) is 0 Å². The predicted molar refractivity (Wildman–Crippen MR) is 66.9 cm³/mol. The summed E-state index contributed by atoms with van der Waals surface area (Å²) < 4.78 is 5.05. The molecule has 0 aliphatic rings. The number of hydrogen-bond donors (Lipinski definition) is 4. The van der Waals surface area contributed by atoms with Gasteiger partial charge in [0.05, 0.1) is 13.2 Å². The minimum atomic E-state index is -0.713. The first-order valence-corrected chi connectivity index (χ1v) is 6.01. The number of aliphatic hydroxyl groups is 1. The van der Waals surface area contributed by atoms with Gasteiger partial charge in [0.1, 0.15) is 6.04 Å². The Kier molecular flexibility index (Phi) is 8.95. The Morgan fingerprint density at radius 3 is 2.50 bits per heavy atom. The lowest BCUT2D eigenvalue weighted by atomic mass is 10.0. The second-order valence-electron chi connectivity index (χ2n) is 4.21. The van der Waals surface area contributed by atoms with E-state index in [1.807, 2.05) is 13.8 Å². The number of hydrogen-bond acceptors (Lipinski definition) is 4. The van der Waals surface area contributed by atoms with Gasteiger partial charge in [-0.3, -0.25) is 4.79 Å². The molecule has 1 atom stereocenters. The van der Waals surface area contributed by atoms with Crippen LogP contribution in [0.15, 0.2) is 0 Å². The number of amides is 3. The van der Waals surface area contributed by atoms with Gasteiger partial charge in [-0.25, -0.2) is 4.79 Å². The molecule has 0 radical (unpaired) electrons. The Morgan fingerprint density at radius 2 is 2.00 bits per heavy atom. The van der Waals surface area contributed by atoms with Crippen molar-refractivity contribution in [2.45, 2.75) is 26.3 Å². The standard InChI is InChI=1S/C11H23N3O4/c1-8(2)9(14-11(12)17)10(16)13-4-3-6-18-7-5-15/h8-9,15H,3-7H2,1-2H3,(H,13,16)(H3,12,14,17). The van der Waals surface area contributed by atoms with Crippen molar-refractivity contribution in [1.82, 2.24) is 10.6 Å². The zero-order valence-corrected chi connectivity index (χ0v) is 10.9. The monoisotopic (exact) mass is 261 g/mol. The first-order valence-electron chi connectivity index (χ1n) is 6.01. The number of carbonyl (C=O) groups is 2. The molecule has 0 spiro atoms. The molecule has 3 amide bonds. The summed E-state index contributed by atoms with van der Waals surface area (Å²) in [7, 11) is 0. The summed E-state index contributed by atoms with van der Waals surface area (Å²) in [6.45, 7) is 4.86. The van der Waals surface area contributed by atoms with E-state index in [2.05, 4.69) is 10.6 Å². The van der Waals surface area contributed by atoms with Crippen LogP contribution in [0.4, 0.5) is 4.79 Å². The fourth-order valence-corrected chi connectivity index (χ4v) is 1.35. The van der Waals surface area contributed by atoms with Crippen molar-refractivity contribution in [2.75, 3.05) is 26.4 Å². The molecule has 0 fully saturated rings. The maximum Gasteiger partial charge on any atom is 0.312 e. The molecule has 5 N–H and O–H groups in total. The zero-order valence-electron chi connectivity index (χ0n) is 10.9. The second kappa shape index (κ2) is 9.67. The van der Waals surface area contributed by atoms with E-state index in [-0.39, 0.29) is 18.4 Å². The molecule has 0 aromatic carbocycles. The van der Waals surface area contributed by atoms with Gasteiger partial charge in [-0.2, -0.15) is 0 Å². The van der Waals surface area contributed by atoms with Crippen LogP contribution in [0, 0.1) is 5.92 Å². The molecule has 0 saturated heterocycles. The normalized spacial score (nSPS) is 12.2. The Morgan fingerprint density at radius 1 is 1.33 bits per heavy atom. The van der Waals surface area contributed by atoms with E-state index in [9.17, 15) is 9.59 Å². The number of carbonyl (C=O) groups excluding carboxylic acids is 2. The number of nitrogens with two attached hydrogens (primary N) is 1. The van der Waals surface area contributed by atoms with E-state index in [1.165, 1.54) is 0 Å². The van der Waals surface area contributed by atoms with E-state index in [0.717, 1.165) is 0 Å². The van der Waals surface area contributed by atoms with Crippen LogP contribution in [-0.4, -0.2) is 49.5 Å². The van der Waals surface area contributed by atoms with Crippen LogP contribution in [-0.2, 0) is 9.53 Å². The quantitative estimate of drug-likeness (QED) is 0.407. The van der Waals surface area contributed by atoms with E-state index < -0.39 is 12.1 Å². The van der Waals surface area contributed by atoms with Crippen molar-refractivity contribution in [3.8, 4) is 0 Å². The molecule has 7 nitrogen and oxygen atoms in total. The second-order valence-corrected chi connectivity index (χ2v) is 4.21. The molecule has 0 aromatic heterocycles. The number of urea groups is 1. The first-order chi connectivity index (χ1) is 8.49. The predicted octanol–water partition coefficient (Wildman–Crippen LogP) is -0.805. The topological polar surface area (TPSA) is 114 Å². The average Bonchev–Trinajstić information content (AvgIpc) is 2.29. The minimum absolute atomic E-state index is 0.00961. The molecule has 0 heterocycles. The highest BCUT2D eigenvalue weighted by molar-refractivity contribution is 5.86. The van der Waals surface area contributed by atoms with Crippen LogP contribution in [0.25, 0.3) is 0 Å². The van der Waals surface area contributed by atoms with E-state index in [0.29, 0.717) is 26.2 Å². The highest BCUT2D eigenvalue weighted by atomic mass is 16.5. The summed E-state index contributed by atoms with van der Waals surface area (Å²) >= 11 is 0. The van der Waals surface area contributed by atoms with Gasteiger partial charge in [0.2, 0.25) is 5.91 Å². The molecule has 0 aliphatic carbocycles. The van der Waals surface area contributed by atoms with Crippen molar-refractivity contribution < 1.29 is 19.4 Å². The lowest BCUT2D eigenvalue weighted by molar-refractivity contribution is -0.123. The molecule has 0 bridgehead atoms. The van der Waals surface area contributed by atoms with Gasteiger partial charge in [-0.15, -0.1) is 0 Å². The van der Waals surface area contributed by atoms with Gasteiger partial charge < -0.3 is 26.2 Å². The lowest BCUT2D eigenvalue weighted by Crippen LogP contribution is -2.51. The molecular weight excluding hydrogens is 238 g/mol. The molecule has 0 aromatic rings. The molecule has 0 aliphatic heterocycles. The molecule has 7 heteroatoms. The number of nitrogens with one attached hydrogen (secondary N) is 2. The van der Waals surface area contributed by atoms with E-state index in [1.54, 1.807) is 0 Å². The summed E-state index contributed by atoms with van der Waals surface area (Å²) in [4.78, 5) is 22.5. The summed E-state index contributed by atoms with van der Waals surface area (Å²) in [5.74, 6) is -0.297. The van der Waals surface area contributed by atoms with Crippen molar-refractivity contribution in [2.24, 2.45) is 11.7 Å². The minimum Gasteiger partial charge on any atom is -0.394 e. The first kappa shape index (κ1) is 16.7. The molecule has 0 saturated carbocycles. The van der Waals surface area contributed by atoms with Gasteiger partial charge in [0, 0.05) is 13.2 Å². The summed E-state index contributed by atoms with van der Waals surface area (Å²) in [5, 5.41) is 13.6. The highest BCUT2D eigenvalue weighted by Crippen LogP contribution is 2.01. The fraction of sp³-hybridized carbons (Fsp3) is 0.818. The molecule has 0 rings (SSSR count). The van der Waals surface area contributed by atoms with E-state index in [4.69, 9.17) is 15.6 Å². The van der Waals surface area contributed by atoms with E-state index >= 15 is 0 Å². The lowest BCUT2D eigenvalue weighted by Gasteiger charge is -2.20. The average molecular weight is 261 g/mol.